The van der Waals surface area contributed by atoms with Crippen LogP contribution in [-0.4, -0.2) is 42.1 Å². The fourth-order valence-corrected chi connectivity index (χ4v) is 6.19. The third-order valence-corrected chi connectivity index (χ3v) is 8.36. The van der Waals surface area contributed by atoms with Crippen molar-refractivity contribution < 1.29 is 9.32 Å². The number of benzene rings is 3. The average molecular weight is 495 g/mol. The van der Waals surface area contributed by atoms with E-state index in [2.05, 4.69) is 75.7 Å². The summed E-state index contributed by atoms with van der Waals surface area (Å²) >= 11 is 0. The smallest absolute Gasteiger partial charge is 0.278 e. The van der Waals surface area contributed by atoms with Crippen molar-refractivity contribution in [3.63, 3.8) is 0 Å². The molecular formula is C31H34N4O2. The van der Waals surface area contributed by atoms with Crippen LogP contribution in [-0.2, 0) is 5.54 Å². The van der Waals surface area contributed by atoms with Crippen LogP contribution in [0.25, 0.3) is 11.0 Å². The Morgan fingerprint density at radius 2 is 1.65 bits per heavy atom. The van der Waals surface area contributed by atoms with Gasteiger partial charge in [0.1, 0.15) is 0 Å². The molecule has 1 aliphatic carbocycles. The molecule has 1 N–H and O–H groups in total. The predicted molar refractivity (Wildman–Crippen MR) is 148 cm³/mol. The van der Waals surface area contributed by atoms with Gasteiger partial charge < -0.3 is 14.7 Å². The molecule has 1 aliphatic heterocycles. The minimum Gasteiger partial charge on any atom is -0.369 e. The van der Waals surface area contributed by atoms with E-state index in [0.717, 1.165) is 56.0 Å². The zero-order valence-electron chi connectivity index (χ0n) is 21.4. The van der Waals surface area contributed by atoms with Gasteiger partial charge in [0.2, 0.25) is 0 Å². The first-order chi connectivity index (χ1) is 18.1. The maximum absolute atomic E-state index is 13.1. The van der Waals surface area contributed by atoms with Crippen LogP contribution >= 0.6 is 0 Å². The number of anilines is 2. The Labute approximate surface area is 218 Å². The molecule has 2 heterocycles. The summed E-state index contributed by atoms with van der Waals surface area (Å²) in [5.41, 5.74) is 4.34. The van der Waals surface area contributed by atoms with Gasteiger partial charge in [-0.15, -0.1) is 0 Å². The summed E-state index contributed by atoms with van der Waals surface area (Å²) in [6.45, 7) is 6.49. The molecule has 6 nitrogen and oxygen atoms in total. The quantitative estimate of drug-likeness (QED) is 0.352. The summed E-state index contributed by atoms with van der Waals surface area (Å²) in [7, 11) is 0. The number of nitrogens with zero attached hydrogens (tertiary/aromatic N) is 3. The Balaban J connectivity index is 1.24. The Morgan fingerprint density at radius 3 is 2.43 bits per heavy atom. The number of aromatic nitrogens is 1. The van der Waals surface area contributed by atoms with Gasteiger partial charge in [-0.1, -0.05) is 54.5 Å². The number of hydrogen-bond donors (Lipinski definition) is 1. The van der Waals surface area contributed by atoms with Crippen molar-refractivity contribution in [1.29, 1.82) is 0 Å². The van der Waals surface area contributed by atoms with Crippen LogP contribution in [0.2, 0.25) is 0 Å². The number of amides is 1. The van der Waals surface area contributed by atoms with Gasteiger partial charge >= 0.3 is 0 Å². The second kappa shape index (κ2) is 10.0. The van der Waals surface area contributed by atoms with Gasteiger partial charge in [-0.05, 0) is 73.6 Å². The number of nitrogens with one attached hydrogen (secondary N) is 1. The minimum absolute atomic E-state index is 0.00336. The lowest BCUT2D eigenvalue weighted by atomic mass is 9.71. The van der Waals surface area contributed by atoms with Gasteiger partial charge in [0.05, 0.1) is 5.39 Å². The fourth-order valence-electron chi connectivity index (χ4n) is 6.19. The summed E-state index contributed by atoms with van der Waals surface area (Å²) in [4.78, 5) is 18.3. The molecule has 2 fully saturated rings. The molecule has 1 aromatic heterocycles. The highest BCUT2D eigenvalue weighted by atomic mass is 16.5. The number of rotatable bonds is 5. The van der Waals surface area contributed by atoms with E-state index in [9.17, 15) is 4.79 Å². The molecule has 0 radical (unpaired) electrons. The van der Waals surface area contributed by atoms with E-state index in [1.807, 2.05) is 30.3 Å². The number of fused-ring (bicyclic) bond motifs is 1. The molecular weight excluding hydrogens is 460 g/mol. The molecule has 4 aromatic rings. The molecule has 37 heavy (non-hydrogen) atoms. The van der Waals surface area contributed by atoms with Crippen molar-refractivity contribution in [3.05, 3.63) is 90.1 Å². The summed E-state index contributed by atoms with van der Waals surface area (Å²) in [5, 5.41) is 7.84. The molecule has 1 saturated carbocycles. The van der Waals surface area contributed by atoms with Gasteiger partial charge in [-0.3, -0.25) is 9.69 Å². The van der Waals surface area contributed by atoms with Crippen molar-refractivity contribution >= 4 is 28.3 Å². The van der Waals surface area contributed by atoms with Crippen LogP contribution in [0.15, 0.2) is 83.4 Å². The molecule has 6 rings (SSSR count). The second-order valence-corrected chi connectivity index (χ2v) is 10.6. The summed E-state index contributed by atoms with van der Waals surface area (Å²) in [6, 6.07) is 26.7. The summed E-state index contributed by atoms with van der Waals surface area (Å²) in [5.74, 6) is 0.506. The third kappa shape index (κ3) is 4.62. The first-order valence-electron chi connectivity index (χ1n) is 13.4. The molecule has 190 valence electrons. The predicted octanol–water partition coefficient (Wildman–Crippen LogP) is 6.31. The largest absolute Gasteiger partial charge is 0.369 e. The highest BCUT2D eigenvalue weighted by Crippen LogP contribution is 2.45. The van der Waals surface area contributed by atoms with E-state index in [0.29, 0.717) is 11.3 Å². The first-order valence-corrected chi connectivity index (χ1v) is 13.4. The number of carbonyl (C=O) groups is 1. The molecule has 1 amide bonds. The van der Waals surface area contributed by atoms with Gasteiger partial charge in [0.15, 0.2) is 11.3 Å². The highest BCUT2D eigenvalue weighted by molar-refractivity contribution is 6.10. The Kier molecular flexibility index (Phi) is 6.43. The molecule has 3 aromatic carbocycles. The van der Waals surface area contributed by atoms with Crippen molar-refractivity contribution in [2.24, 2.45) is 5.92 Å². The van der Waals surface area contributed by atoms with Crippen LogP contribution in [0, 0.1) is 5.92 Å². The third-order valence-electron chi connectivity index (χ3n) is 8.36. The monoisotopic (exact) mass is 494 g/mol. The highest BCUT2D eigenvalue weighted by Gasteiger charge is 2.42. The Hall–Kier alpha value is -3.64. The van der Waals surface area contributed by atoms with Gasteiger partial charge in [0, 0.05) is 43.1 Å². The lowest BCUT2D eigenvalue weighted by molar-refractivity contribution is 0.0299. The average Bonchev–Trinajstić information content (AvgIpc) is 3.39. The van der Waals surface area contributed by atoms with Crippen LogP contribution in [0.4, 0.5) is 11.4 Å². The molecule has 0 unspecified atom stereocenters. The van der Waals surface area contributed by atoms with E-state index in [-0.39, 0.29) is 11.4 Å². The van der Waals surface area contributed by atoms with Crippen LogP contribution < -0.4 is 10.2 Å². The van der Waals surface area contributed by atoms with Crippen molar-refractivity contribution in [2.45, 2.75) is 38.1 Å². The topological polar surface area (TPSA) is 61.6 Å². The Morgan fingerprint density at radius 1 is 0.919 bits per heavy atom. The van der Waals surface area contributed by atoms with E-state index >= 15 is 0 Å². The number of piperazine rings is 1. The Bertz CT molecular complexity index is 1370. The molecule has 2 aliphatic rings. The zero-order valence-corrected chi connectivity index (χ0v) is 21.4. The molecule has 0 bridgehead atoms. The van der Waals surface area contributed by atoms with E-state index in [1.54, 1.807) is 0 Å². The first kappa shape index (κ1) is 23.7. The van der Waals surface area contributed by atoms with E-state index in [4.69, 9.17) is 4.52 Å². The number of carbonyl (C=O) groups excluding carboxylic acids is 1. The van der Waals surface area contributed by atoms with E-state index in [1.165, 1.54) is 24.1 Å². The van der Waals surface area contributed by atoms with Crippen molar-refractivity contribution in [3.8, 4) is 0 Å². The zero-order chi connectivity index (χ0) is 25.2. The standard InChI is InChI=1S/C31H34N4O2/c1-23-14-16-31(17-15-23,35-20-18-34(19-21-35)26-10-3-2-4-11-26)24-8-7-9-25(22-24)32-30(36)29-27-12-5-6-13-28(27)37-33-29/h2-13,22-23H,14-21H2,1H3,(H,32,36)/t23-,31-. The van der Waals surface area contributed by atoms with Crippen molar-refractivity contribution in [1.82, 2.24) is 10.1 Å². The van der Waals surface area contributed by atoms with Crippen LogP contribution in [0.5, 0.6) is 0 Å². The normalized spacial score (nSPS) is 22.7. The fraction of sp³-hybridized carbons (Fsp3) is 0.355. The van der Waals surface area contributed by atoms with Gasteiger partial charge in [0.25, 0.3) is 5.91 Å². The minimum atomic E-state index is -0.245. The maximum Gasteiger partial charge on any atom is 0.278 e. The lowest BCUT2D eigenvalue weighted by Crippen LogP contribution is -2.56. The van der Waals surface area contributed by atoms with Crippen LogP contribution in [0.1, 0.15) is 48.7 Å². The second-order valence-electron chi connectivity index (χ2n) is 10.6. The molecule has 1 saturated heterocycles. The van der Waals surface area contributed by atoms with Crippen LogP contribution in [0.3, 0.4) is 0 Å². The number of para-hydroxylation sites is 2. The van der Waals surface area contributed by atoms with Crippen molar-refractivity contribution in [2.75, 3.05) is 36.4 Å². The molecule has 0 atom stereocenters. The van der Waals surface area contributed by atoms with Gasteiger partial charge in [-0.2, -0.15) is 0 Å². The number of hydrogen-bond acceptors (Lipinski definition) is 5. The SMILES string of the molecule is C[C@H]1CC[C@](c2cccc(NC(=O)c3noc4ccccc34)c2)(N2CCN(c3ccccc3)CC2)CC1. The molecule has 0 spiro atoms. The summed E-state index contributed by atoms with van der Waals surface area (Å²) < 4.78 is 5.35. The van der Waals surface area contributed by atoms with Gasteiger partial charge in [-0.25, -0.2) is 0 Å². The van der Waals surface area contributed by atoms with E-state index < -0.39 is 0 Å². The molecule has 6 heteroatoms. The lowest BCUT2D eigenvalue weighted by Gasteiger charge is -2.51. The maximum atomic E-state index is 13.1. The summed E-state index contributed by atoms with van der Waals surface area (Å²) in [6.07, 6.45) is 4.73.